The summed E-state index contributed by atoms with van der Waals surface area (Å²) in [5.41, 5.74) is 1.28. The maximum Gasteiger partial charge on any atom is 0.265 e. The van der Waals surface area contributed by atoms with E-state index in [9.17, 15) is 9.59 Å². The SMILES string of the molecule is Cl.O=C(Nc1cccc(C(=O)N2CCC3CCC(C2)N3)c1)c1cccs1. The van der Waals surface area contributed by atoms with E-state index in [4.69, 9.17) is 0 Å². The van der Waals surface area contributed by atoms with Crippen molar-refractivity contribution in [3.8, 4) is 0 Å². The molecule has 2 fully saturated rings. The molecular weight excluding hydrogens is 370 g/mol. The number of nitrogens with zero attached hydrogens (tertiary/aromatic N) is 1. The van der Waals surface area contributed by atoms with E-state index in [2.05, 4.69) is 10.6 Å². The van der Waals surface area contributed by atoms with Crippen molar-refractivity contribution in [2.24, 2.45) is 0 Å². The Kier molecular flexibility index (Phi) is 5.96. The molecule has 2 bridgehead atoms. The summed E-state index contributed by atoms with van der Waals surface area (Å²) < 4.78 is 0. The number of anilines is 1. The first-order valence-corrected chi connectivity index (χ1v) is 9.57. The molecule has 2 aliphatic rings. The molecule has 138 valence electrons. The smallest absolute Gasteiger partial charge is 0.265 e. The van der Waals surface area contributed by atoms with Crippen LogP contribution in [0.5, 0.6) is 0 Å². The average Bonchev–Trinajstić information content (AvgIpc) is 3.24. The third-order valence-electron chi connectivity index (χ3n) is 4.92. The van der Waals surface area contributed by atoms with Gasteiger partial charge in [0, 0.05) is 36.4 Å². The van der Waals surface area contributed by atoms with Crippen LogP contribution >= 0.6 is 23.7 Å². The molecule has 2 aromatic rings. The number of nitrogens with one attached hydrogen (secondary N) is 2. The molecule has 2 aliphatic heterocycles. The standard InChI is InChI=1S/C19H21N3O2S.ClH/c23-18(17-5-2-10-25-17)21-15-4-1-3-13(11-15)19(24)22-9-8-14-6-7-16(12-22)20-14;/h1-5,10-11,14,16,20H,6-9,12H2,(H,21,23);1H. The summed E-state index contributed by atoms with van der Waals surface area (Å²) in [5, 5.41) is 8.33. The molecule has 2 amide bonds. The number of halogens is 1. The van der Waals surface area contributed by atoms with Gasteiger partial charge in [-0.3, -0.25) is 9.59 Å². The molecular formula is C19H22ClN3O2S. The molecule has 0 saturated carbocycles. The van der Waals surface area contributed by atoms with E-state index in [-0.39, 0.29) is 24.2 Å². The number of rotatable bonds is 3. The average molecular weight is 392 g/mol. The van der Waals surface area contributed by atoms with Gasteiger partial charge in [-0.2, -0.15) is 0 Å². The van der Waals surface area contributed by atoms with Crippen LogP contribution in [-0.4, -0.2) is 41.9 Å². The lowest BCUT2D eigenvalue weighted by molar-refractivity contribution is 0.0748. The molecule has 2 saturated heterocycles. The maximum atomic E-state index is 12.9. The van der Waals surface area contributed by atoms with Gasteiger partial charge in [0.05, 0.1) is 4.88 Å². The highest BCUT2D eigenvalue weighted by atomic mass is 35.5. The van der Waals surface area contributed by atoms with Crippen LogP contribution in [0, 0.1) is 0 Å². The van der Waals surface area contributed by atoms with Crippen molar-refractivity contribution in [3.63, 3.8) is 0 Å². The molecule has 0 radical (unpaired) electrons. The second-order valence-corrected chi connectivity index (χ2v) is 7.64. The molecule has 7 heteroatoms. The monoisotopic (exact) mass is 391 g/mol. The summed E-state index contributed by atoms with van der Waals surface area (Å²) in [4.78, 5) is 27.7. The normalized spacial score (nSPS) is 21.6. The van der Waals surface area contributed by atoms with Crippen molar-refractivity contribution in [2.45, 2.75) is 31.3 Å². The summed E-state index contributed by atoms with van der Waals surface area (Å²) in [6, 6.07) is 11.8. The molecule has 2 N–H and O–H groups in total. The van der Waals surface area contributed by atoms with Crippen molar-refractivity contribution in [3.05, 3.63) is 52.2 Å². The summed E-state index contributed by atoms with van der Waals surface area (Å²) in [6.45, 7) is 1.56. The van der Waals surface area contributed by atoms with Crippen LogP contribution in [0.15, 0.2) is 41.8 Å². The van der Waals surface area contributed by atoms with Gasteiger partial charge in [0.1, 0.15) is 0 Å². The zero-order valence-corrected chi connectivity index (χ0v) is 15.9. The number of thiophene rings is 1. The zero-order valence-electron chi connectivity index (χ0n) is 14.3. The zero-order chi connectivity index (χ0) is 17.2. The Morgan fingerprint density at radius 2 is 1.96 bits per heavy atom. The van der Waals surface area contributed by atoms with Crippen LogP contribution in [0.2, 0.25) is 0 Å². The van der Waals surface area contributed by atoms with Gasteiger partial charge in [-0.25, -0.2) is 0 Å². The molecule has 1 aromatic heterocycles. The largest absolute Gasteiger partial charge is 0.337 e. The third kappa shape index (κ3) is 4.09. The number of amides is 2. The van der Waals surface area contributed by atoms with Crippen LogP contribution in [-0.2, 0) is 0 Å². The highest BCUT2D eigenvalue weighted by Crippen LogP contribution is 2.22. The Morgan fingerprint density at radius 1 is 1.12 bits per heavy atom. The van der Waals surface area contributed by atoms with Crippen molar-refractivity contribution >= 4 is 41.2 Å². The van der Waals surface area contributed by atoms with Crippen LogP contribution in [0.1, 0.15) is 39.3 Å². The van der Waals surface area contributed by atoms with Gasteiger partial charge in [0.2, 0.25) is 0 Å². The van der Waals surface area contributed by atoms with E-state index in [1.54, 1.807) is 12.1 Å². The highest BCUT2D eigenvalue weighted by molar-refractivity contribution is 7.12. The number of fused-ring (bicyclic) bond motifs is 2. The molecule has 2 unspecified atom stereocenters. The van der Waals surface area contributed by atoms with Gasteiger partial charge in [-0.05, 0) is 48.9 Å². The van der Waals surface area contributed by atoms with Crippen molar-refractivity contribution < 1.29 is 9.59 Å². The Bertz CT molecular complexity index is 781. The highest BCUT2D eigenvalue weighted by Gasteiger charge is 2.31. The molecule has 5 nitrogen and oxygen atoms in total. The number of benzene rings is 1. The fourth-order valence-corrected chi connectivity index (χ4v) is 4.26. The van der Waals surface area contributed by atoms with Crippen molar-refractivity contribution in [1.82, 2.24) is 10.2 Å². The maximum absolute atomic E-state index is 12.9. The molecule has 0 aliphatic carbocycles. The molecule has 4 rings (SSSR count). The Labute approximate surface area is 163 Å². The first-order chi connectivity index (χ1) is 12.2. The molecule has 3 heterocycles. The molecule has 26 heavy (non-hydrogen) atoms. The minimum Gasteiger partial charge on any atom is -0.337 e. The minimum absolute atomic E-state index is 0. The fraction of sp³-hybridized carbons (Fsp3) is 0.368. The summed E-state index contributed by atoms with van der Waals surface area (Å²) in [6.07, 6.45) is 3.37. The second kappa shape index (κ2) is 8.20. The predicted molar refractivity (Wildman–Crippen MR) is 106 cm³/mol. The molecule has 1 aromatic carbocycles. The predicted octanol–water partition coefficient (Wildman–Crippen LogP) is 3.39. The number of hydrogen-bond donors (Lipinski definition) is 2. The fourth-order valence-electron chi connectivity index (χ4n) is 3.64. The lowest BCUT2D eigenvalue weighted by Gasteiger charge is -2.24. The lowest BCUT2D eigenvalue weighted by Crippen LogP contribution is -2.39. The Balaban J connectivity index is 0.00000196. The van der Waals surface area contributed by atoms with E-state index in [1.165, 1.54) is 17.8 Å². The number of hydrogen-bond acceptors (Lipinski definition) is 4. The first-order valence-electron chi connectivity index (χ1n) is 8.69. The van der Waals surface area contributed by atoms with Crippen LogP contribution < -0.4 is 10.6 Å². The van der Waals surface area contributed by atoms with E-state index < -0.39 is 0 Å². The van der Waals surface area contributed by atoms with E-state index in [0.29, 0.717) is 28.2 Å². The number of likely N-dealkylation sites (tertiary alicyclic amines) is 1. The topological polar surface area (TPSA) is 61.4 Å². The quantitative estimate of drug-likeness (QED) is 0.843. The van der Waals surface area contributed by atoms with E-state index >= 15 is 0 Å². The Morgan fingerprint density at radius 3 is 2.77 bits per heavy atom. The first kappa shape index (κ1) is 18.9. The summed E-state index contributed by atoms with van der Waals surface area (Å²) in [5.74, 6) is -0.0996. The summed E-state index contributed by atoms with van der Waals surface area (Å²) in [7, 11) is 0. The lowest BCUT2D eigenvalue weighted by atomic mass is 10.1. The van der Waals surface area contributed by atoms with Gasteiger partial charge in [0.25, 0.3) is 11.8 Å². The van der Waals surface area contributed by atoms with Crippen molar-refractivity contribution in [1.29, 1.82) is 0 Å². The van der Waals surface area contributed by atoms with E-state index in [1.807, 2.05) is 34.5 Å². The summed E-state index contributed by atoms with van der Waals surface area (Å²) >= 11 is 1.40. The van der Waals surface area contributed by atoms with Crippen LogP contribution in [0.4, 0.5) is 5.69 Å². The van der Waals surface area contributed by atoms with Gasteiger partial charge < -0.3 is 15.5 Å². The van der Waals surface area contributed by atoms with Crippen LogP contribution in [0.3, 0.4) is 0 Å². The number of carbonyl (C=O) groups is 2. The number of carbonyl (C=O) groups excluding carboxylic acids is 2. The second-order valence-electron chi connectivity index (χ2n) is 6.69. The van der Waals surface area contributed by atoms with Gasteiger partial charge >= 0.3 is 0 Å². The van der Waals surface area contributed by atoms with E-state index in [0.717, 1.165) is 25.9 Å². The molecule has 0 spiro atoms. The van der Waals surface area contributed by atoms with Gasteiger partial charge in [-0.1, -0.05) is 12.1 Å². The Hall–Kier alpha value is -1.89. The van der Waals surface area contributed by atoms with Gasteiger partial charge in [-0.15, -0.1) is 23.7 Å². The van der Waals surface area contributed by atoms with Gasteiger partial charge in [0.15, 0.2) is 0 Å². The minimum atomic E-state index is -0.143. The molecule has 2 atom stereocenters. The van der Waals surface area contributed by atoms with Crippen molar-refractivity contribution in [2.75, 3.05) is 18.4 Å². The third-order valence-corrected chi connectivity index (χ3v) is 5.79. The van der Waals surface area contributed by atoms with Crippen LogP contribution in [0.25, 0.3) is 0 Å².